The normalized spacial score (nSPS) is 13.0. The minimum absolute atomic E-state index is 0.292. The Morgan fingerprint density at radius 3 is 2.53 bits per heavy atom. The van der Waals surface area contributed by atoms with E-state index in [9.17, 15) is 5.11 Å². The SMILES string of the molecule is C/C=C/COc1ccc(CC(C)O)cc1. The van der Waals surface area contributed by atoms with E-state index < -0.39 is 0 Å². The van der Waals surface area contributed by atoms with Gasteiger partial charge in [0.15, 0.2) is 0 Å². The van der Waals surface area contributed by atoms with E-state index in [2.05, 4.69) is 0 Å². The first-order valence-electron chi connectivity index (χ1n) is 5.23. The van der Waals surface area contributed by atoms with Crippen molar-refractivity contribution in [1.82, 2.24) is 0 Å². The second-order valence-corrected chi connectivity index (χ2v) is 3.58. The number of hydrogen-bond donors (Lipinski definition) is 1. The first-order valence-corrected chi connectivity index (χ1v) is 5.23. The summed E-state index contributed by atoms with van der Waals surface area (Å²) in [5.41, 5.74) is 1.13. The lowest BCUT2D eigenvalue weighted by molar-refractivity contribution is 0.195. The van der Waals surface area contributed by atoms with Crippen LogP contribution >= 0.6 is 0 Å². The van der Waals surface area contributed by atoms with Gasteiger partial charge in [-0.1, -0.05) is 24.3 Å². The molecule has 0 aromatic heterocycles. The van der Waals surface area contributed by atoms with Crippen molar-refractivity contribution in [2.24, 2.45) is 0 Å². The van der Waals surface area contributed by atoms with Crippen molar-refractivity contribution in [3.05, 3.63) is 42.0 Å². The van der Waals surface area contributed by atoms with Crippen LogP contribution in [-0.2, 0) is 6.42 Å². The molecule has 0 heterocycles. The Balaban J connectivity index is 2.48. The fourth-order valence-corrected chi connectivity index (χ4v) is 1.30. The summed E-state index contributed by atoms with van der Waals surface area (Å²) in [6.45, 7) is 4.36. The minimum Gasteiger partial charge on any atom is -0.490 e. The number of benzene rings is 1. The lowest BCUT2D eigenvalue weighted by Crippen LogP contribution is -2.03. The van der Waals surface area contributed by atoms with E-state index in [0.29, 0.717) is 13.0 Å². The van der Waals surface area contributed by atoms with E-state index in [-0.39, 0.29) is 6.10 Å². The molecule has 0 aliphatic carbocycles. The van der Waals surface area contributed by atoms with Gasteiger partial charge < -0.3 is 9.84 Å². The fourth-order valence-electron chi connectivity index (χ4n) is 1.30. The Morgan fingerprint density at radius 2 is 2.00 bits per heavy atom. The number of aliphatic hydroxyl groups is 1. The molecule has 0 saturated carbocycles. The van der Waals surface area contributed by atoms with Gasteiger partial charge in [-0.25, -0.2) is 0 Å². The highest BCUT2D eigenvalue weighted by atomic mass is 16.5. The number of allylic oxidation sites excluding steroid dienone is 1. The molecule has 0 bridgehead atoms. The second kappa shape index (κ2) is 6.25. The molecule has 1 aromatic carbocycles. The van der Waals surface area contributed by atoms with Crippen molar-refractivity contribution < 1.29 is 9.84 Å². The van der Waals surface area contributed by atoms with Crippen LogP contribution in [0.2, 0.25) is 0 Å². The molecule has 1 atom stereocenters. The summed E-state index contributed by atoms with van der Waals surface area (Å²) >= 11 is 0. The van der Waals surface area contributed by atoms with Crippen LogP contribution in [0.15, 0.2) is 36.4 Å². The quantitative estimate of drug-likeness (QED) is 0.750. The van der Waals surface area contributed by atoms with Crippen molar-refractivity contribution in [1.29, 1.82) is 0 Å². The van der Waals surface area contributed by atoms with Crippen LogP contribution in [0.4, 0.5) is 0 Å². The summed E-state index contributed by atoms with van der Waals surface area (Å²) in [6.07, 6.45) is 4.32. The maximum atomic E-state index is 9.21. The molecule has 1 N–H and O–H groups in total. The predicted octanol–water partition coefficient (Wildman–Crippen LogP) is 2.56. The topological polar surface area (TPSA) is 29.5 Å². The number of rotatable bonds is 5. The summed E-state index contributed by atoms with van der Waals surface area (Å²) in [7, 11) is 0. The molecule has 15 heavy (non-hydrogen) atoms. The Hall–Kier alpha value is -1.28. The molecule has 0 aliphatic heterocycles. The van der Waals surface area contributed by atoms with Gasteiger partial charge in [-0.2, -0.15) is 0 Å². The molecule has 82 valence electrons. The van der Waals surface area contributed by atoms with Gasteiger partial charge in [0.05, 0.1) is 6.10 Å². The lowest BCUT2D eigenvalue weighted by Gasteiger charge is -2.06. The first-order chi connectivity index (χ1) is 7.22. The largest absolute Gasteiger partial charge is 0.490 e. The molecule has 1 rings (SSSR count). The highest BCUT2D eigenvalue weighted by Crippen LogP contribution is 2.13. The zero-order valence-electron chi connectivity index (χ0n) is 9.31. The second-order valence-electron chi connectivity index (χ2n) is 3.58. The monoisotopic (exact) mass is 206 g/mol. The molecular weight excluding hydrogens is 188 g/mol. The van der Waals surface area contributed by atoms with Crippen molar-refractivity contribution >= 4 is 0 Å². The highest BCUT2D eigenvalue weighted by Gasteiger charge is 1.99. The van der Waals surface area contributed by atoms with Crippen LogP contribution in [0.5, 0.6) is 5.75 Å². The van der Waals surface area contributed by atoms with E-state index in [1.807, 2.05) is 43.3 Å². The maximum Gasteiger partial charge on any atom is 0.119 e. The van der Waals surface area contributed by atoms with Crippen LogP contribution in [0.25, 0.3) is 0 Å². The third kappa shape index (κ3) is 4.66. The number of ether oxygens (including phenoxy) is 1. The van der Waals surface area contributed by atoms with Gasteiger partial charge in [-0.05, 0) is 38.0 Å². The van der Waals surface area contributed by atoms with Gasteiger partial charge in [0.1, 0.15) is 12.4 Å². The van der Waals surface area contributed by atoms with Crippen LogP contribution in [-0.4, -0.2) is 17.8 Å². The zero-order valence-corrected chi connectivity index (χ0v) is 9.31. The van der Waals surface area contributed by atoms with Gasteiger partial charge >= 0.3 is 0 Å². The summed E-state index contributed by atoms with van der Waals surface area (Å²) in [5, 5.41) is 9.21. The average Bonchev–Trinajstić information content (AvgIpc) is 2.20. The van der Waals surface area contributed by atoms with Crippen molar-refractivity contribution in [3.8, 4) is 5.75 Å². The van der Waals surface area contributed by atoms with Crippen molar-refractivity contribution in [2.45, 2.75) is 26.4 Å². The Bertz CT molecular complexity index is 299. The number of aliphatic hydroxyl groups excluding tert-OH is 1. The fraction of sp³-hybridized carbons (Fsp3) is 0.385. The van der Waals surface area contributed by atoms with E-state index in [1.165, 1.54) is 0 Å². The summed E-state index contributed by atoms with van der Waals surface area (Å²) < 4.78 is 5.46. The average molecular weight is 206 g/mol. The third-order valence-electron chi connectivity index (χ3n) is 2.04. The highest BCUT2D eigenvalue weighted by molar-refractivity contribution is 5.27. The van der Waals surface area contributed by atoms with Crippen LogP contribution in [0.3, 0.4) is 0 Å². The van der Waals surface area contributed by atoms with Crippen LogP contribution in [0.1, 0.15) is 19.4 Å². The summed E-state index contributed by atoms with van der Waals surface area (Å²) in [6, 6.07) is 7.83. The first kappa shape index (κ1) is 11.8. The molecule has 1 aromatic rings. The van der Waals surface area contributed by atoms with Crippen LogP contribution < -0.4 is 4.74 Å². The van der Waals surface area contributed by atoms with Crippen LogP contribution in [0, 0.1) is 0 Å². The molecule has 0 fully saturated rings. The van der Waals surface area contributed by atoms with E-state index in [1.54, 1.807) is 6.92 Å². The third-order valence-corrected chi connectivity index (χ3v) is 2.04. The lowest BCUT2D eigenvalue weighted by atomic mass is 10.1. The Labute approximate surface area is 91.2 Å². The van der Waals surface area contributed by atoms with Gasteiger partial charge in [0, 0.05) is 0 Å². The van der Waals surface area contributed by atoms with E-state index in [4.69, 9.17) is 4.74 Å². The Kier molecular flexibility index (Phi) is 4.91. The van der Waals surface area contributed by atoms with E-state index in [0.717, 1.165) is 11.3 Å². The van der Waals surface area contributed by atoms with Crippen molar-refractivity contribution in [3.63, 3.8) is 0 Å². The smallest absolute Gasteiger partial charge is 0.119 e. The summed E-state index contributed by atoms with van der Waals surface area (Å²) in [5.74, 6) is 0.863. The Morgan fingerprint density at radius 1 is 1.33 bits per heavy atom. The molecule has 0 radical (unpaired) electrons. The molecule has 0 saturated heterocycles. The number of hydrogen-bond acceptors (Lipinski definition) is 2. The standard InChI is InChI=1S/C13H18O2/c1-3-4-9-15-13-7-5-12(6-8-13)10-11(2)14/h3-8,11,14H,9-10H2,1-2H3/b4-3+. The summed E-state index contributed by atoms with van der Waals surface area (Å²) in [4.78, 5) is 0. The molecular formula is C13H18O2. The maximum absolute atomic E-state index is 9.21. The molecule has 2 heteroatoms. The van der Waals surface area contributed by atoms with Gasteiger partial charge in [-0.3, -0.25) is 0 Å². The van der Waals surface area contributed by atoms with Gasteiger partial charge in [0.25, 0.3) is 0 Å². The molecule has 2 nitrogen and oxygen atoms in total. The zero-order chi connectivity index (χ0) is 11.1. The minimum atomic E-state index is -0.292. The van der Waals surface area contributed by atoms with Gasteiger partial charge in [0.2, 0.25) is 0 Å². The molecule has 1 unspecified atom stereocenters. The van der Waals surface area contributed by atoms with Crippen molar-refractivity contribution in [2.75, 3.05) is 6.61 Å². The molecule has 0 spiro atoms. The van der Waals surface area contributed by atoms with E-state index >= 15 is 0 Å². The molecule has 0 amide bonds. The van der Waals surface area contributed by atoms with Gasteiger partial charge in [-0.15, -0.1) is 0 Å². The predicted molar refractivity (Wildman–Crippen MR) is 62.1 cm³/mol. The molecule has 0 aliphatic rings.